The van der Waals surface area contributed by atoms with Gasteiger partial charge in [0.25, 0.3) is 0 Å². The van der Waals surface area contributed by atoms with E-state index < -0.39 is 0 Å². The van der Waals surface area contributed by atoms with Gasteiger partial charge in [-0.25, -0.2) is 4.98 Å². The summed E-state index contributed by atoms with van der Waals surface area (Å²) in [7, 11) is 0. The number of fused-ring (bicyclic) bond motifs is 1. The van der Waals surface area contributed by atoms with Gasteiger partial charge in [0.05, 0.1) is 11.0 Å². The molecular weight excluding hydrogens is 282 g/mol. The van der Waals surface area contributed by atoms with E-state index in [-0.39, 0.29) is 5.41 Å². The van der Waals surface area contributed by atoms with Crippen molar-refractivity contribution in [3.05, 3.63) is 29.0 Å². The van der Waals surface area contributed by atoms with Crippen molar-refractivity contribution >= 4 is 22.6 Å². The van der Waals surface area contributed by atoms with Crippen molar-refractivity contribution < 1.29 is 0 Å². The molecule has 0 spiro atoms. The van der Waals surface area contributed by atoms with Crippen molar-refractivity contribution in [3.63, 3.8) is 0 Å². The Morgan fingerprint density at radius 1 is 1.33 bits per heavy atom. The van der Waals surface area contributed by atoms with Crippen molar-refractivity contribution in [1.82, 2.24) is 9.55 Å². The van der Waals surface area contributed by atoms with Gasteiger partial charge >= 0.3 is 0 Å². The number of hydrogen-bond donors (Lipinski definition) is 1. The summed E-state index contributed by atoms with van der Waals surface area (Å²) in [5.74, 6) is 1.21. The highest BCUT2D eigenvalue weighted by atomic mass is 35.5. The molecule has 0 bridgehead atoms. The van der Waals surface area contributed by atoms with E-state index >= 15 is 0 Å². The number of benzene rings is 1. The molecule has 1 aromatic carbocycles. The van der Waals surface area contributed by atoms with E-state index in [4.69, 9.17) is 22.3 Å². The zero-order chi connectivity index (χ0) is 15.0. The number of imidazole rings is 1. The lowest BCUT2D eigenvalue weighted by atomic mass is 9.84. The fraction of sp³-hybridized carbons (Fsp3) is 0.588. The zero-order valence-electron chi connectivity index (χ0n) is 12.9. The Morgan fingerprint density at radius 2 is 2.10 bits per heavy atom. The van der Waals surface area contributed by atoms with Crippen LogP contribution >= 0.6 is 11.6 Å². The van der Waals surface area contributed by atoms with Gasteiger partial charge in [0.2, 0.25) is 0 Å². The Balaban J connectivity index is 1.89. The van der Waals surface area contributed by atoms with Gasteiger partial charge in [-0.2, -0.15) is 0 Å². The second-order valence-corrected chi connectivity index (χ2v) is 7.40. The highest BCUT2D eigenvalue weighted by molar-refractivity contribution is 6.31. The lowest BCUT2D eigenvalue weighted by Crippen LogP contribution is -2.18. The number of nitrogens with zero attached hydrogens (tertiary/aromatic N) is 2. The maximum Gasteiger partial charge on any atom is 0.110 e. The van der Waals surface area contributed by atoms with Crippen LogP contribution in [0.5, 0.6) is 0 Å². The van der Waals surface area contributed by atoms with Crippen molar-refractivity contribution in [2.24, 2.45) is 11.1 Å². The Hall–Kier alpha value is -1.06. The van der Waals surface area contributed by atoms with Crippen molar-refractivity contribution in [2.45, 2.75) is 52.0 Å². The fourth-order valence-electron chi connectivity index (χ4n) is 3.00. The Labute approximate surface area is 131 Å². The summed E-state index contributed by atoms with van der Waals surface area (Å²) in [4.78, 5) is 4.85. The molecule has 3 rings (SSSR count). The van der Waals surface area contributed by atoms with E-state index in [1.807, 2.05) is 12.1 Å². The average Bonchev–Trinajstić information content (AvgIpc) is 3.18. The van der Waals surface area contributed by atoms with E-state index in [2.05, 4.69) is 24.5 Å². The smallest absolute Gasteiger partial charge is 0.110 e. The van der Waals surface area contributed by atoms with Gasteiger partial charge in [-0.15, -0.1) is 0 Å². The minimum Gasteiger partial charge on any atom is -0.330 e. The van der Waals surface area contributed by atoms with E-state index in [1.54, 1.807) is 0 Å². The summed E-state index contributed by atoms with van der Waals surface area (Å²) >= 11 is 6.10. The van der Waals surface area contributed by atoms with E-state index in [0.717, 1.165) is 36.3 Å². The van der Waals surface area contributed by atoms with Gasteiger partial charge in [0.1, 0.15) is 5.82 Å². The Bertz CT molecular complexity index is 641. The normalized spacial score (nSPS) is 15.8. The number of halogens is 1. The maximum atomic E-state index is 6.10. The average molecular weight is 306 g/mol. The summed E-state index contributed by atoms with van der Waals surface area (Å²) in [5.41, 5.74) is 8.25. The van der Waals surface area contributed by atoms with Crippen LogP contribution in [0.2, 0.25) is 5.02 Å². The van der Waals surface area contributed by atoms with Crippen molar-refractivity contribution in [1.29, 1.82) is 0 Å². The monoisotopic (exact) mass is 305 g/mol. The number of aryl methyl sites for hydroxylation is 1. The van der Waals surface area contributed by atoms with E-state index in [0.29, 0.717) is 6.04 Å². The molecular formula is C17H24ClN3. The van der Waals surface area contributed by atoms with E-state index in [9.17, 15) is 0 Å². The van der Waals surface area contributed by atoms with Crippen LogP contribution in [0.1, 0.15) is 51.4 Å². The standard InChI is InChI=1S/C17H24ClN3/c1-17(2,9-10-19)8-7-16-20-14-11-12(18)3-6-15(14)21(16)13-4-5-13/h3,6,11,13H,4-5,7-10,19H2,1-2H3. The van der Waals surface area contributed by atoms with Crippen molar-refractivity contribution in [3.8, 4) is 0 Å². The first kappa shape index (κ1) is 14.9. The molecule has 1 saturated carbocycles. The number of aromatic nitrogens is 2. The summed E-state index contributed by atoms with van der Waals surface area (Å²) in [6.45, 7) is 5.34. The molecule has 2 aromatic rings. The Morgan fingerprint density at radius 3 is 2.76 bits per heavy atom. The third kappa shape index (κ3) is 3.24. The molecule has 1 aliphatic rings. The van der Waals surface area contributed by atoms with Gasteiger partial charge in [0, 0.05) is 17.5 Å². The molecule has 1 heterocycles. The fourth-order valence-corrected chi connectivity index (χ4v) is 3.17. The first-order chi connectivity index (χ1) is 10.00. The van der Waals surface area contributed by atoms with Gasteiger partial charge < -0.3 is 10.3 Å². The SMILES string of the molecule is CC(C)(CCN)CCc1nc2cc(Cl)ccc2n1C1CC1. The quantitative estimate of drug-likeness (QED) is 0.863. The van der Waals surface area contributed by atoms with Gasteiger partial charge in [-0.05, 0) is 55.8 Å². The molecule has 21 heavy (non-hydrogen) atoms. The van der Waals surface area contributed by atoms with Crippen LogP contribution in [0.25, 0.3) is 11.0 Å². The molecule has 1 fully saturated rings. The summed E-state index contributed by atoms with van der Waals surface area (Å²) in [5, 5.41) is 0.762. The molecule has 0 radical (unpaired) electrons. The number of rotatable bonds is 6. The molecule has 0 aliphatic heterocycles. The lowest BCUT2D eigenvalue weighted by molar-refractivity contribution is 0.309. The largest absolute Gasteiger partial charge is 0.330 e. The second kappa shape index (κ2) is 5.62. The first-order valence-corrected chi connectivity index (χ1v) is 8.24. The third-order valence-corrected chi connectivity index (χ3v) is 4.72. The minimum absolute atomic E-state index is 0.277. The van der Waals surface area contributed by atoms with Crippen LogP contribution in [0, 0.1) is 5.41 Å². The van der Waals surface area contributed by atoms with Crippen LogP contribution in [0.3, 0.4) is 0 Å². The molecule has 114 valence electrons. The summed E-state index contributed by atoms with van der Waals surface area (Å²) < 4.78 is 2.43. The molecule has 0 amide bonds. The van der Waals surface area contributed by atoms with Crippen LogP contribution in [-0.2, 0) is 6.42 Å². The molecule has 0 atom stereocenters. The molecule has 0 unspecified atom stereocenters. The molecule has 4 heteroatoms. The molecule has 3 nitrogen and oxygen atoms in total. The predicted molar refractivity (Wildman–Crippen MR) is 88.8 cm³/mol. The number of hydrogen-bond acceptors (Lipinski definition) is 2. The van der Waals surface area contributed by atoms with Crippen LogP contribution in [0.15, 0.2) is 18.2 Å². The van der Waals surface area contributed by atoms with Crippen LogP contribution in [0.4, 0.5) is 0 Å². The predicted octanol–water partition coefficient (Wildman–Crippen LogP) is 4.33. The zero-order valence-corrected chi connectivity index (χ0v) is 13.7. The first-order valence-electron chi connectivity index (χ1n) is 7.87. The molecule has 1 aliphatic carbocycles. The minimum atomic E-state index is 0.277. The molecule has 1 aromatic heterocycles. The summed E-state index contributed by atoms with van der Waals surface area (Å²) in [6.07, 6.45) is 5.73. The van der Waals surface area contributed by atoms with Crippen molar-refractivity contribution in [2.75, 3.05) is 6.54 Å². The maximum absolute atomic E-state index is 6.10. The van der Waals surface area contributed by atoms with Gasteiger partial charge in [0.15, 0.2) is 0 Å². The van der Waals surface area contributed by atoms with Gasteiger partial charge in [-0.1, -0.05) is 25.4 Å². The lowest BCUT2D eigenvalue weighted by Gasteiger charge is -2.23. The summed E-state index contributed by atoms with van der Waals surface area (Å²) in [6, 6.07) is 6.69. The third-order valence-electron chi connectivity index (χ3n) is 4.48. The van der Waals surface area contributed by atoms with Crippen LogP contribution < -0.4 is 5.73 Å². The molecule has 2 N–H and O–H groups in total. The van der Waals surface area contributed by atoms with Crippen LogP contribution in [-0.4, -0.2) is 16.1 Å². The van der Waals surface area contributed by atoms with Gasteiger partial charge in [-0.3, -0.25) is 0 Å². The Kier molecular flexibility index (Phi) is 3.98. The second-order valence-electron chi connectivity index (χ2n) is 6.97. The van der Waals surface area contributed by atoms with E-state index in [1.165, 1.54) is 24.2 Å². The topological polar surface area (TPSA) is 43.8 Å². The number of nitrogens with two attached hydrogens (primary N) is 1. The highest BCUT2D eigenvalue weighted by Crippen LogP contribution is 2.40. The molecule has 0 saturated heterocycles. The highest BCUT2D eigenvalue weighted by Gasteiger charge is 2.29.